The lowest BCUT2D eigenvalue weighted by Crippen LogP contribution is -2.28. The lowest BCUT2D eigenvalue weighted by atomic mass is 9.70. The predicted molar refractivity (Wildman–Crippen MR) is 107 cm³/mol. The number of alkyl halides is 1. The highest BCUT2D eigenvalue weighted by molar-refractivity contribution is 9.09. The van der Waals surface area contributed by atoms with Gasteiger partial charge in [-0.25, -0.2) is 0 Å². The Kier molecular flexibility index (Phi) is 12.2. The van der Waals surface area contributed by atoms with Crippen LogP contribution in [0.5, 0.6) is 0 Å². The highest BCUT2D eigenvalue weighted by Gasteiger charge is 2.29. The third-order valence-electron chi connectivity index (χ3n) is 6.21. The molecule has 0 bridgehead atoms. The lowest BCUT2D eigenvalue weighted by Gasteiger charge is -2.36. The van der Waals surface area contributed by atoms with Crippen LogP contribution < -0.4 is 0 Å². The monoisotopic (exact) mass is 374 g/mol. The molecule has 134 valence electrons. The molecule has 0 amide bonds. The lowest BCUT2D eigenvalue weighted by molar-refractivity contribution is 0.140. The molecule has 0 nitrogen and oxygen atoms in total. The van der Waals surface area contributed by atoms with E-state index in [-0.39, 0.29) is 0 Å². The summed E-state index contributed by atoms with van der Waals surface area (Å²) in [6.07, 6.45) is 8.03. The minimum Gasteiger partial charge on any atom is -0.0891 e. The zero-order valence-corrected chi connectivity index (χ0v) is 18.2. The van der Waals surface area contributed by atoms with Crippen LogP contribution in [0.3, 0.4) is 0 Å². The van der Waals surface area contributed by atoms with Gasteiger partial charge in [0.15, 0.2) is 0 Å². The molecule has 0 aromatic carbocycles. The van der Waals surface area contributed by atoms with Crippen molar-refractivity contribution in [2.75, 3.05) is 0 Å². The first-order chi connectivity index (χ1) is 10.3. The van der Waals surface area contributed by atoms with Gasteiger partial charge in [0.05, 0.1) is 0 Å². The van der Waals surface area contributed by atoms with Crippen LogP contribution in [0, 0.1) is 35.5 Å². The summed E-state index contributed by atoms with van der Waals surface area (Å²) in [5, 5.41) is 0. The standard InChI is InChI=1S/C21H43Br/c1-9-12-20(22)13-17(7)18(8)21(15(4)5)14-19(11-3)16(6)10-2/h15-21H,9-14H2,1-8H3. The van der Waals surface area contributed by atoms with E-state index in [1.807, 2.05) is 0 Å². The van der Waals surface area contributed by atoms with Crippen LogP contribution >= 0.6 is 15.9 Å². The third-order valence-corrected chi connectivity index (χ3v) is 7.04. The zero-order chi connectivity index (χ0) is 17.3. The molecule has 0 aliphatic rings. The summed E-state index contributed by atoms with van der Waals surface area (Å²) < 4.78 is 0. The summed E-state index contributed by atoms with van der Waals surface area (Å²) in [5.41, 5.74) is 0. The molecule has 0 saturated heterocycles. The molecular formula is C21H43Br. The van der Waals surface area contributed by atoms with Gasteiger partial charge in [0.1, 0.15) is 0 Å². The van der Waals surface area contributed by atoms with Crippen LogP contribution in [-0.2, 0) is 0 Å². The van der Waals surface area contributed by atoms with E-state index in [0.717, 1.165) is 35.5 Å². The first kappa shape index (κ1) is 22.5. The molecule has 0 aliphatic carbocycles. The second-order valence-electron chi connectivity index (χ2n) is 8.16. The normalized spacial score (nSPS) is 20.5. The van der Waals surface area contributed by atoms with E-state index in [1.165, 1.54) is 38.5 Å². The van der Waals surface area contributed by atoms with Crippen LogP contribution in [-0.4, -0.2) is 4.83 Å². The Morgan fingerprint density at radius 3 is 1.77 bits per heavy atom. The molecule has 0 aromatic heterocycles. The van der Waals surface area contributed by atoms with Crippen molar-refractivity contribution in [2.24, 2.45) is 35.5 Å². The summed E-state index contributed by atoms with van der Waals surface area (Å²) in [7, 11) is 0. The van der Waals surface area contributed by atoms with Crippen LogP contribution in [0.25, 0.3) is 0 Å². The molecule has 22 heavy (non-hydrogen) atoms. The summed E-state index contributed by atoms with van der Waals surface area (Å²) in [6.45, 7) is 19.4. The molecule has 1 heteroatoms. The Bertz CT molecular complexity index is 261. The van der Waals surface area contributed by atoms with Gasteiger partial charge < -0.3 is 0 Å². The maximum Gasteiger partial charge on any atom is 0.0148 e. The molecule has 0 saturated carbocycles. The van der Waals surface area contributed by atoms with Crippen LogP contribution in [0.1, 0.15) is 93.9 Å². The van der Waals surface area contributed by atoms with E-state index < -0.39 is 0 Å². The van der Waals surface area contributed by atoms with E-state index in [9.17, 15) is 0 Å². The highest BCUT2D eigenvalue weighted by atomic mass is 79.9. The van der Waals surface area contributed by atoms with Gasteiger partial charge >= 0.3 is 0 Å². The minimum atomic E-state index is 0.708. The van der Waals surface area contributed by atoms with Crippen molar-refractivity contribution >= 4 is 15.9 Å². The number of hydrogen-bond acceptors (Lipinski definition) is 0. The Morgan fingerprint density at radius 2 is 1.36 bits per heavy atom. The molecule has 6 atom stereocenters. The Labute approximate surface area is 150 Å². The van der Waals surface area contributed by atoms with E-state index in [2.05, 4.69) is 71.3 Å². The zero-order valence-electron chi connectivity index (χ0n) is 16.7. The number of rotatable bonds is 12. The summed E-state index contributed by atoms with van der Waals surface area (Å²) in [6, 6.07) is 0. The van der Waals surface area contributed by atoms with Crippen molar-refractivity contribution in [3.05, 3.63) is 0 Å². The molecule has 0 spiro atoms. The van der Waals surface area contributed by atoms with Gasteiger partial charge in [-0.05, 0) is 54.8 Å². The fourth-order valence-corrected chi connectivity index (χ4v) is 5.10. The van der Waals surface area contributed by atoms with Crippen molar-refractivity contribution in [1.29, 1.82) is 0 Å². The third kappa shape index (κ3) is 7.84. The molecule has 0 heterocycles. The molecule has 6 unspecified atom stereocenters. The molecule has 0 radical (unpaired) electrons. The highest BCUT2D eigenvalue weighted by Crippen LogP contribution is 2.38. The van der Waals surface area contributed by atoms with Crippen molar-refractivity contribution in [2.45, 2.75) is 98.7 Å². The topological polar surface area (TPSA) is 0 Å². The van der Waals surface area contributed by atoms with Crippen molar-refractivity contribution in [3.63, 3.8) is 0 Å². The van der Waals surface area contributed by atoms with E-state index in [1.54, 1.807) is 0 Å². The maximum atomic E-state index is 3.89. The largest absolute Gasteiger partial charge is 0.0891 e. The minimum absolute atomic E-state index is 0.708. The molecule has 0 aliphatic heterocycles. The average Bonchev–Trinajstić information content (AvgIpc) is 2.46. The molecule has 0 fully saturated rings. The summed E-state index contributed by atoms with van der Waals surface area (Å²) >= 11 is 3.89. The first-order valence-corrected chi connectivity index (χ1v) is 10.8. The average molecular weight is 375 g/mol. The summed E-state index contributed by atoms with van der Waals surface area (Å²) in [4.78, 5) is 0.708. The van der Waals surface area contributed by atoms with Crippen molar-refractivity contribution in [1.82, 2.24) is 0 Å². The van der Waals surface area contributed by atoms with Gasteiger partial charge in [-0.15, -0.1) is 0 Å². The van der Waals surface area contributed by atoms with Gasteiger partial charge in [-0.2, -0.15) is 0 Å². The Morgan fingerprint density at radius 1 is 0.773 bits per heavy atom. The maximum absolute atomic E-state index is 3.89. The Hall–Kier alpha value is 0.480. The van der Waals surface area contributed by atoms with Gasteiger partial charge in [0.2, 0.25) is 0 Å². The Balaban J connectivity index is 4.77. The fourth-order valence-electron chi connectivity index (χ4n) is 4.05. The fraction of sp³-hybridized carbons (Fsp3) is 1.00. The predicted octanol–water partition coefficient (Wildman–Crippen LogP) is 7.95. The molecule has 0 aromatic rings. The van der Waals surface area contributed by atoms with Gasteiger partial charge in [0.25, 0.3) is 0 Å². The number of hydrogen-bond donors (Lipinski definition) is 0. The van der Waals surface area contributed by atoms with Crippen LogP contribution in [0.15, 0.2) is 0 Å². The SMILES string of the molecule is CCCC(Br)CC(C)C(C)C(CC(CC)C(C)CC)C(C)C. The molecule has 0 rings (SSSR count). The molecule has 0 N–H and O–H groups in total. The second kappa shape index (κ2) is 11.9. The van der Waals surface area contributed by atoms with Gasteiger partial charge in [-0.1, -0.05) is 90.6 Å². The van der Waals surface area contributed by atoms with Crippen molar-refractivity contribution in [3.8, 4) is 0 Å². The first-order valence-electron chi connectivity index (χ1n) is 9.92. The van der Waals surface area contributed by atoms with Crippen LogP contribution in [0.2, 0.25) is 0 Å². The quantitative estimate of drug-likeness (QED) is 0.304. The van der Waals surface area contributed by atoms with Gasteiger partial charge in [0, 0.05) is 4.83 Å². The molecular weight excluding hydrogens is 332 g/mol. The smallest absolute Gasteiger partial charge is 0.0148 e. The summed E-state index contributed by atoms with van der Waals surface area (Å²) in [5.74, 6) is 5.10. The van der Waals surface area contributed by atoms with E-state index >= 15 is 0 Å². The van der Waals surface area contributed by atoms with E-state index in [4.69, 9.17) is 0 Å². The number of halogens is 1. The van der Waals surface area contributed by atoms with Crippen LogP contribution in [0.4, 0.5) is 0 Å². The van der Waals surface area contributed by atoms with Crippen molar-refractivity contribution < 1.29 is 0 Å². The van der Waals surface area contributed by atoms with E-state index in [0.29, 0.717) is 4.83 Å². The van der Waals surface area contributed by atoms with Gasteiger partial charge in [-0.3, -0.25) is 0 Å². The second-order valence-corrected chi connectivity index (χ2v) is 9.45.